The molecule has 0 unspecified atom stereocenters. The number of carbonyl (C=O) groups is 2. The molecule has 4 heterocycles. The summed E-state index contributed by atoms with van der Waals surface area (Å²) in [5.74, 6) is 0.959. The van der Waals surface area contributed by atoms with E-state index in [4.69, 9.17) is 4.52 Å². The molecular formula is C17H19N5O3S. The van der Waals surface area contributed by atoms with E-state index in [1.54, 1.807) is 24.3 Å². The van der Waals surface area contributed by atoms with E-state index in [1.807, 2.05) is 27.1 Å². The van der Waals surface area contributed by atoms with Gasteiger partial charge >= 0.3 is 0 Å². The number of anilines is 1. The third kappa shape index (κ3) is 3.48. The third-order valence-corrected chi connectivity index (χ3v) is 5.34. The molecule has 0 saturated carbocycles. The van der Waals surface area contributed by atoms with Crippen molar-refractivity contribution < 1.29 is 14.1 Å². The van der Waals surface area contributed by atoms with Gasteiger partial charge in [0.1, 0.15) is 5.76 Å². The molecule has 8 nitrogen and oxygen atoms in total. The van der Waals surface area contributed by atoms with Crippen molar-refractivity contribution >= 4 is 33.9 Å². The van der Waals surface area contributed by atoms with E-state index >= 15 is 0 Å². The second kappa shape index (κ2) is 6.91. The quantitative estimate of drug-likeness (QED) is 0.756. The molecule has 0 atom stereocenters. The Hall–Kier alpha value is -2.68. The van der Waals surface area contributed by atoms with Crippen LogP contribution in [0.15, 0.2) is 28.4 Å². The Bertz CT molecular complexity index is 907. The number of thiazole rings is 1. The van der Waals surface area contributed by atoms with Gasteiger partial charge < -0.3 is 14.7 Å². The normalized spacial score (nSPS) is 15.5. The van der Waals surface area contributed by atoms with Crippen molar-refractivity contribution in [3.8, 4) is 0 Å². The molecule has 3 aromatic rings. The van der Waals surface area contributed by atoms with Crippen LogP contribution in [0.3, 0.4) is 0 Å². The fraction of sp³-hybridized carbons (Fsp3) is 0.412. The number of rotatable bonds is 4. The highest BCUT2D eigenvalue weighted by Crippen LogP contribution is 2.20. The maximum atomic E-state index is 12.5. The smallest absolute Gasteiger partial charge is 0.228 e. The second-order valence-electron chi connectivity index (χ2n) is 6.47. The molecule has 0 radical (unpaired) electrons. The predicted octanol–water partition coefficient (Wildman–Crippen LogP) is 2.11. The standard InChI is InChI=1S/C17H19N5O3S/c1-11-8-14(20-25-11)19-16(24)12-2-4-21(5-3-12)15(23)9-13-10-22-6-7-26-17(22)18-13/h6-8,10,12H,2-5,9H2,1H3,(H,19,20,24). The first-order chi connectivity index (χ1) is 12.6. The van der Waals surface area contributed by atoms with E-state index < -0.39 is 0 Å². The Balaban J connectivity index is 1.29. The van der Waals surface area contributed by atoms with Crippen molar-refractivity contribution in [3.05, 3.63) is 35.3 Å². The van der Waals surface area contributed by atoms with Gasteiger partial charge in [-0.05, 0) is 19.8 Å². The molecule has 1 saturated heterocycles. The fourth-order valence-corrected chi connectivity index (χ4v) is 3.89. The lowest BCUT2D eigenvalue weighted by atomic mass is 9.95. The summed E-state index contributed by atoms with van der Waals surface area (Å²) in [6.07, 6.45) is 5.41. The topological polar surface area (TPSA) is 92.7 Å². The van der Waals surface area contributed by atoms with Crippen LogP contribution in [0.4, 0.5) is 5.82 Å². The van der Waals surface area contributed by atoms with Crippen LogP contribution >= 0.6 is 11.3 Å². The molecule has 0 bridgehead atoms. The highest BCUT2D eigenvalue weighted by molar-refractivity contribution is 7.15. The lowest BCUT2D eigenvalue weighted by molar-refractivity contribution is -0.133. The fourth-order valence-electron chi connectivity index (χ4n) is 3.17. The second-order valence-corrected chi connectivity index (χ2v) is 7.34. The Morgan fingerprint density at radius 2 is 2.19 bits per heavy atom. The number of fused-ring (bicyclic) bond motifs is 1. The third-order valence-electron chi connectivity index (χ3n) is 4.57. The Morgan fingerprint density at radius 3 is 2.88 bits per heavy atom. The van der Waals surface area contributed by atoms with Gasteiger partial charge in [-0.2, -0.15) is 0 Å². The van der Waals surface area contributed by atoms with Gasteiger partial charge in [-0.1, -0.05) is 5.16 Å². The predicted molar refractivity (Wildman–Crippen MR) is 95.9 cm³/mol. The van der Waals surface area contributed by atoms with Crippen molar-refractivity contribution in [1.82, 2.24) is 19.4 Å². The van der Waals surface area contributed by atoms with E-state index in [9.17, 15) is 9.59 Å². The average Bonchev–Trinajstić information content (AvgIpc) is 3.31. The first-order valence-electron chi connectivity index (χ1n) is 8.51. The van der Waals surface area contributed by atoms with Gasteiger partial charge in [0.25, 0.3) is 0 Å². The van der Waals surface area contributed by atoms with E-state index in [-0.39, 0.29) is 17.7 Å². The maximum Gasteiger partial charge on any atom is 0.228 e. The van der Waals surface area contributed by atoms with Crippen LogP contribution < -0.4 is 5.32 Å². The molecule has 136 valence electrons. The molecule has 1 aliphatic heterocycles. The summed E-state index contributed by atoms with van der Waals surface area (Å²) < 4.78 is 6.88. The first kappa shape index (κ1) is 16.8. The lowest BCUT2D eigenvalue weighted by Gasteiger charge is -2.31. The number of piperidine rings is 1. The number of amides is 2. The van der Waals surface area contributed by atoms with E-state index in [1.165, 1.54) is 0 Å². The number of hydrogen-bond acceptors (Lipinski definition) is 6. The largest absolute Gasteiger partial charge is 0.360 e. The molecule has 0 aliphatic carbocycles. The van der Waals surface area contributed by atoms with Crippen LogP contribution in [-0.2, 0) is 16.0 Å². The van der Waals surface area contributed by atoms with E-state index in [0.29, 0.717) is 43.9 Å². The number of imidazole rings is 1. The molecule has 4 rings (SSSR count). The first-order valence-corrected chi connectivity index (χ1v) is 9.39. The van der Waals surface area contributed by atoms with Gasteiger partial charge in [0.05, 0.1) is 12.1 Å². The van der Waals surface area contributed by atoms with Crippen molar-refractivity contribution in [1.29, 1.82) is 0 Å². The van der Waals surface area contributed by atoms with E-state index in [0.717, 1.165) is 10.7 Å². The Labute approximate surface area is 153 Å². The molecule has 9 heteroatoms. The Morgan fingerprint density at radius 1 is 1.38 bits per heavy atom. The van der Waals surface area contributed by atoms with Crippen molar-refractivity contribution in [2.45, 2.75) is 26.2 Å². The lowest BCUT2D eigenvalue weighted by Crippen LogP contribution is -2.42. The van der Waals surface area contributed by atoms with Crippen molar-refractivity contribution in [2.24, 2.45) is 5.92 Å². The number of hydrogen-bond donors (Lipinski definition) is 1. The molecule has 1 N–H and O–H groups in total. The molecule has 2 amide bonds. The van der Waals surface area contributed by atoms with Gasteiger partial charge in [-0.25, -0.2) is 4.98 Å². The number of aromatic nitrogens is 3. The van der Waals surface area contributed by atoms with Gasteiger partial charge in [-0.15, -0.1) is 11.3 Å². The average molecular weight is 373 g/mol. The molecule has 0 spiro atoms. The van der Waals surface area contributed by atoms with Gasteiger partial charge in [0.2, 0.25) is 11.8 Å². The van der Waals surface area contributed by atoms with Gasteiger partial charge in [0, 0.05) is 42.8 Å². The molecule has 3 aromatic heterocycles. The minimum Gasteiger partial charge on any atom is -0.360 e. The number of aryl methyl sites for hydroxylation is 1. The highest BCUT2D eigenvalue weighted by atomic mass is 32.1. The van der Waals surface area contributed by atoms with E-state index in [2.05, 4.69) is 15.5 Å². The number of likely N-dealkylation sites (tertiary alicyclic amines) is 1. The molecule has 0 aromatic carbocycles. The van der Waals surface area contributed by atoms with Crippen LogP contribution in [-0.4, -0.2) is 44.3 Å². The summed E-state index contributed by atoms with van der Waals surface area (Å²) in [6.45, 7) is 2.93. The van der Waals surface area contributed by atoms with Crippen LogP contribution in [0.25, 0.3) is 4.96 Å². The SMILES string of the molecule is Cc1cc(NC(=O)C2CCN(C(=O)Cc3cn4ccsc4n3)CC2)no1. The van der Waals surface area contributed by atoms with Crippen LogP contribution in [0.5, 0.6) is 0 Å². The van der Waals surface area contributed by atoms with Gasteiger partial charge in [0.15, 0.2) is 10.8 Å². The zero-order valence-electron chi connectivity index (χ0n) is 14.3. The van der Waals surface area contributed by atoms with Crippen molar-refractivity contribution in [2.75, 3.05) is 18.4 Å². The number of carbonyl (C=O) groups excluding carboxylic acids is 2. The number of nitrogens with zero attached hydrogens (tertiary/aromatic N) is 4. The number of nitrogens with one attached hydrogen (secondary N) is 1. The zero-order chi connectivity index (χ0) is 18.1. The summed E-state index contributed by atoms with van der Waals surface area (Å²) in [5.41, 5.74) is 0.781. The van der Waals surface area contributed by atoms with Crippen LogP contribution in [0.2, 0.25) is 0 Å². The Kier molecular flexibility index (Phi) is 4.46. The molecule has 1 fully saturated rings. The summed E-state index contributed by atoms with van der Waals surface area (Å²) in [5, 5.41) is 8.51. The molecule has 26 heavy (non-hydrogen) atoms. The van der Waals surface area contributed by atoms with Crippen LogP contribution in [0.1, 0.15) is 24.3 Å². The summed E-state index contributed by atoms with van der Waals surface area (Å²) in [6, 6.07) is 1.69. The zero-order valence-corrected chi connectivity index (χ0v) is 15.2. The molecule has 1 aliphatic rings. The van der Waals surface area contributed by atoms with Crippen molar-refractivity contribution in [3.63, 3.8) is 0 Å². The minimum absolute atomic E-state index is 0.0572. The van der Waals surface area contributed by atoms with Crippen LogP contribution in [0, 0.1) is 12.8 Å². The minimum atomic E-state index is -0.117. The summed E-state index contributed by atoms with van der Waals surface area (Å²) in [7, 11) is 0. The van der Waals surface area contributed by atoms with Gasteiger partial charge in [-0.3, -0.25) is 14.0 Å². The summed E-state index contributed by atoms with van der Waals surface area (Å²) in [4.78, 5) is 32.0. The molecular weight excluding hydrogens is 354 g/mol. The monoisotopic (exact) mass is 373 g/mol. The highest BCUT2D eigenvalue weighted by Gasteiger charge is 2.28. The summed E-state index contributed by atoms with van der Waals surface area (Å²) >= 11 is 1.55. The maximum absolute atomic E-state index is 12.5.